The van der Waals surface area contributed by atoms with E-state index in [9.17, 15) is 14.4 Å². The summed E-state index contributed by atoms with van der Waals surface area (Å²) >= 11 is 0. The van der Waals surface area contributed by atoms with Gasteiger partial charge < -0.3 is 16.7 Å². The zero-order valence-corrected chi connectivity index (χ0v) is 18.4. The molecule has 0 aliphatic heterocycles. The van der Waals surface area contributed by atoms with Crippen molar-refractivity contribution in [3.63, 3.8) is 0 Å². The van der Waals surface area contributed by atoms with Gasteiger partial charge in [0.05, 0.1) is 17.3 Å². The number of carbonyl (C=O) groups is 3. The molecular formula is C15H25NaO6Ti. The van der Waals surface area contributed by atoms with Gasteiger partial charge in [-0.15, -0.1) is 0 Å². The molecule has 0 aromatic heterocycles. The third kappa shape index (κ3) is 62.1. The van der Waals surface area contributed by atoms with Crippen molar-refractivity contribution in [1.82, 2.24) is 0 Å². The first-order valence-electron chi connectivity index (χ1n) is 6.02. The van der Waals surface area contributed by atoms with Crippen molar-refractivity contribution in [3.8, 4) is 0 Å². The van der Waals surface area contributed by atoms with E-state index in [2.05, 4.69) is 0 Å². The Hall–Kier alpha value is -0.656. The molecule has 0 saturated heterocycles. The zero-order valence-electron chi connectivity index (χ0n) is 15.8. The van der Waals surface area contributed by atoms with Crippen LogP contribution in [0.5, 0.6) is 0 Å². The molecule has 0 radical (unpaired) electrons. The summed E-state index contributed by atoms with van der Waals surface area (Å²) in [6.45, 7) is 8.54. The Balaban J connectivity index is -0.0000000476. The van der Waals surface area contributed by atoms with Gasteiger partial charge in [0.15, 0.2) is 17.3 Å². The van der Waals surface area contributed by atoms with Crippen molar-refractivity contribution in [2.75, 3.05) is 0 Å². The average molecular weight is 372 g/mol. The maximum atomic E-state index is 10.0. The molecule has 0 bridgehead atoms. The van der Waals surface area contributed by atoms with Gasteiger partial charge >= 0.3 is 29.6 Å². The molecule has 0 amide bonds. The second-order valence-electron chi connectivity index (χ2n) is 4.19. The monoisotopic (exact) mass is 372 g/mol. The Morgan fingerprint density at radius 2 is 0.739 bits per heavy atom. The van der Waals surface area contributed by atoms with E-state index in [0.717, 1.165) is 0 Å². The summed E-state index contributed by atoms with van der Waals surface area (Å²) < 4.78 is 0. The van der Waals surface area contributed by atoms with E-state index in [4.69, 9.17) is 15.3 Å². The van der Waals surface area contributed by atoms with Crippen LogP contribution in [0.25, 0.3) is 0 Å². The molecule has 0 saturated carbocycles. The quantitative estimate of drug-likeness (QED) is 0.371. The van der Waals surface area contributed by atoms with Gasteiger partial charge in [0, 0.05) is 39.9 Å². The van der Waals surface area contributed by atoms with Gasteiger partial charge in [-0.25, -0.2) is 0 Å². The predicted octanol–water partition coefficient (Wildman–Crippen LogP) is 0.226. The van der Waals surface area contributed by atoms with Gasteiger partial charge in [-0.3, -0.25) is 14.4 Å². The molecule has 0 atom stereocenters. The molecule has 0 heterocycles. The Bertz CT molecular complexity index is 380. The van der Waals surface area contributed by atoms with E-state index in [-0.39, 0.29) is 87.3 Å². The zero-order chi connectivity index (χ0) is 17.6. The third-order valence-corrected chi connectivity index (χ3v) is 1.24. The Morgan fingerprint density at radius 3 is 0.739 bits per heavy atom. The molecule has 0 aromatic rings. The van der Waals surface area contributed by atoms with Crippen molar-refractivity contribution in [1.29, 1.82) is 0 Å². The SMILES string of the molecule is CC(=O)/C=C(/C)O.CC(=O)/C=C(/C)O.CC(=O)/C=C(/C)O.[H-].[Na+].[Ti]. The van der Waals surface area contributed by atoms with Crippen LogP contribution in [0.1, 0.15) is 43.0 Å². The fourth-order valence-electron chi connectivity index (χ4n) is 0.882. The van der Waals surface area contributed by atoms with Crippen molar-refractivity contribution in [2.45, 2.75) is 41.5 Å². The molecule has 0 fully saturated rings. The van der Waals surface area contributed by atoms with Crippen molar-refractivity contribution < 1.29 is 82.4 Å². The molecule has 0 rings (SSSR count). The normalized spacial score (nSPS) is 10.4. The van der Waals surface area contributed by atoms with Crippen LogP contribution < -0.4 is 29.6 Å². The number of carbonyl (C=O) groups excluding carboxylic acids is 3. The Labute approximate surface area is 176 Å². The minimum atomic E-state index is -0.125. The fraction of sp³-hybridized carbons (Fsp3) is 0.400. The van der Waals surface area contributed by atoms with E-state index in [1.165, 1.54) is 59.8 Å². The number of hydrogen-bond donors (Lipinski definition) is 3. The summed E-state index contributed by atoms with van der Waals surface area (Å²) in [5.41, 5.74) is 0. The first kappa shape index (κ1) is 33.8. The molecule has 8 heteroatoms. The largest absolute Gasteiger partial charge is 1.00 e. The summed E-state index contributed by atoms with van der Waals surface area (Å²) in [4.78, 5) is 30.1. The average Bonchev–Trinajstić information content (AvgIpc) is 2.10. The van der Waals surface area contributed by atoms with Gasteiger partial charge in [0.25, 0.3) is 0 Å². The first-order chi connectivity index (χ1) is 9.38. The maximum Gasteiger partial charge on any atom is 1.00 e. The predicted molar refractivity (Wildman–Crippen MR) is 82.3 cm³/mol. The summed E-state index contributed by atoms with van der Waals surface area (Å²) in [5.74, 6) is -0.187. The number of rotatable bonds is 3. The molecule has 0 aromatic carbocycles. The van der Waals surface area contributed by atoms with E-state index in [0.29, 0.717) is 0 Å². The van der Waals surface area contributed by atoms with Crippen LogP contribution in [-0.2, 0) is 36.1 Å². The second kappa shape index (κ2) is 21.3. The van der Waals surface area contributed by atoms with E-state index >= 15 is 0 Å². The molecule has 126 valence electrons. The van der Waals surface area contributed by atoms with Crippen LogP contribution in [0.3, 0.4) is 0 Å². The number of ketones is 3. The summed E-state index contributed by atoms with van der Waals surface area (Å²) in [6.07, 6.45) is 3.50. The fourth-order valence-corrected chi connectivity index (χ4v) is 0.882. The first-order valence-corrected chi connectivity index (χ1v) is 6.02. The second-order valence-corrected chi connectivity index (χ2v) is 4.19. The van der Waals surface area contributed by atoms with Crippen LogP contribution in [0, 0.1) is 0 Å². The van der Waals surface area contributed by atoms with Crippen LogP contribution in [0.4, 0.5) is 0 Å². The standard InChI is InChI=1S/3C5H8O2.Na.Ti.H/c3*1-4(6)3-5(2)7;;;/h3*3,6H,1-2H3;;;/q;;;+1;;-1/b3*4-3-;;;. The van der Waals surface area contributed by atoms with E-state index in [1.807, 2.05) is 0 Å². The van der Waals surface area contributed by atoms with Gasteiger partial charge in [0.1, 0.15) is 0 Å². The summed E-state index contributed by atoms with van der Waals surface area (Å²) in [6, 6.07) is 0. The van der Waals surface area contributed by atoms with E-state index in [1.54, 1.807) is 0 Å². The minimum Gasteiger partial charge on any atom is -1.00 e. The van der Waals surface area contributed by atoms with Crippen molar-refractivity contribution in [3.05, 3.63) is 35.5 Å². The number of aliphatic hydroxyl groups is 3. The molecule has 6 nitrogen and oxygen atoms in total. The Morgan fingerprint density at radius 1 is 0.609 bits per heavy atom. The molecule has 3 N–H and O–H groups in total. The third-order valence-electron chi connectivity index (χ3n) is 1.24. The van der Waals surface area contributed by atoms with Crippen LogP contribution >= 0.6 is 0 Å². The van der Waals surface area contributed by atoms with Gasteiger partial charge in [-0.1, -0.05) is 0 Å². The van der Waals surface area contributed by atoms with Crippen molar-refractivity contribution in [2.24, 2.45) is 0 Å². The number of hydrogen-bond acceptors (Lipinski definition) is 6. The summed E-state index contributed by atoms with van der Waals surface area (Å²) in [5, 5.41) is 25.1. The van der Waals surface area contributed by atoms with E-state index < -0.39 is 0 Å². The number of aliphatic hydroxyl groups excluding tert-OH is 3. The smallest absolute Gasteiger partial charge is 1.00 e. The molecule has 23 heavy (non-hydrogen) atoms. The van der Waals surface area contributed by atoms with Gasteiger partial charge in [-0.05, 0) is 41.5 Å². The molecule has 0 aliphatic rings. The van der Waals surface area contributed by atoms with Crippen LogP contribution in [0.15, 0.2) is 35.5 Å². The Kier molecular flexibility index (Phi) is 31.4. The molecular weight excluding hydrogens is 347 g/mol. The summed E-state index contributed by atoms with van der Waals surface area (Å²) in [7, 11) is 0. The van der Waals surface area contributed by atoms with Crippen LogP contribution in [-0.4, -0.2) is 32.7 Å². The molecule has 0 spiro atoms. The molecule has 0 aliphatic carbocycles. The van der Waals surface area contributed by atoms with Crippen molar-refractivity contribution >= 4 is 17.3 Å². The maximum absolute atomic E-state index is 10.0. The topological polar surface area (TPSA) is 112 Å². The minimum absolute atomic E-state index is 0. The van der Waals surface area contributed by atoms with Crippen LogP contribution in [0.2, 0.25) is 0 Å². The van der Waals surface area contributed by atoms with Gasteiger partial charge in [0.2, 0.25) is 0 Å². The number of allylic oxidation sites excluding steroid dienone is 6. The molecule has 0 unspecified atom stereocenters. The van der Waals surface area contributed by atoms with Gasteiger partial charge in [-0.2, -0.15) is 0 Å².